The van der Waals surface area contributed by atoms with E-state index < -0.39 is 0 Å². The van der Waals surface area contributed by atoms with Gasteiger partial charge in [0, 0.05) is 19.1 Å². The summed E-state index contributed by atoms with van der Waals surface area (Å²) in [4.78, 5) is 4.71. The van der Waals surface area contributed by atoms with Crippen molar-refractivity contribution < 1.29 is 4.39 Å². The summed E-state index contributed by atoms with van der Waals surface area (Å²) in [6.45, 7) is 14.5. The van der Waals surface area contributed by atoms with Crippen molar-refractivity contribution >= 4 is 5.69 Å². The standard InChI is InChI=1S/C16H25FN2.C2H6/c1-4-18(5-2)14-8-10-19(11-9-14)16-7-6-13(3)12-15(16)17;1-2/h6-7,12,14H,4-5,8-11H2,1-3H3;1-2H3. The first kappa shape index (κ1) is 18.0. The van der Waals surface area contributed by atoms with Gasteiger partial charge in [-0.05, 0) is 50.6 Å². The lowest BCUT2D eigenvalue weighted by Crippen LogP contribution is -2.45. The molecule has 1 saturated heterocycles. The topological polar surface area (TPSA) is 6.48 Å². The van der Waals surface area contributed by atoms with Gasteiger partial charge in [0.1, 0.15) is 5.82 Å². The van der Waals surface area contributed by atoms with E-state index in [1.165, 1.54) is 0 Å². The maximum absolute atomic E-state index is 14.0. The van der Waals surface area contributed by atoms with E-state index in [2.05, 4.69) is 23.6 Å². The van der Waals surface area contributed by atoms with E-state index in [9.17, 15) is 4.39 Å². The van der Waals surface area contributed by atoms with Gasteiger partial charge in [0.25, 0.3) is 0 Å². The Morgan fingerprint density at radius 3 is 2.19 bits per heavy atom. The SMILES string of the molecule is CC.CCN(CC)C1CCN(c2ccc(C)cc2F)CC1. The summed E-state index contributed by atoms with van der Waals surface area (Å²) in [7, 11) is 0. The molecule has 0 atom stereocenters. The highest BCUT2D eigenvalue weighted by Gasteiger charge is 2.24. The van der Waals surface area contributed by atoms with Gasteiger partial charge < -0.3 is 9.80 Å². The number of aryl methyl sites for hydroxylation is 1. The first-order valence-electron chi connectivity index (χ1n) is 8.40. The fourth-order valence-corrected chi connectivity index (χ4v) is 3.08. The molecule has 0 unspecified atom stereocenters. The molecule has 1 heterocycles. The Kier molecular flexibility index (Phi) is 7.73. The van der Waals surface area contributed by atoms with Crippen LogP contribution in [0.1, 0.15) is 46.1 Å². The molecule has 1 aliphatic rings. The van der Waals surface area contributed by atoms with Crippen LogP contribution in [0.5, 0.6) is 0 Å². The highest BCUT2D eigenvalue weighted by molar-refractivity contribution is 5.49. The zero-order chi connectivity index (χ0) is 15.8. The molecule has 2 nitrogen and oxygen atoms in total. The number of hydrogen-bond donors (Lipinski definition) is 0. The van der Waals surface area contributed by atoms with E-state index in [1.54, 1.807) is 6.07 Å². The third-order valence-electron chi connectivity index (χ3n) is 4.24. The summed E-state index contributed by atoms with van der Waals surface area (Å²) >= 11 is 0. The average molecular weight is 294 g/mol. The minimum atomic E-state index is -0.0821. The summed E-state index contributed by atoms with van der Waals surface area (Å²) in [6.07, 6.45) is 2.27. The fraction of sp³-hybridized carbons (Fsp3) is 0.667. The number of hydrogen-bond acceptors (Lipinski definition) is 2. The molecule has 1 fully saturated rings. The van der Waals surface area contributed by atoms with Gasteiger partial charge in [-0.15, -0.1) is 0 Å². The maximum Gasteiger partial charge on any atom is 0.146 e. The Balaban J connectivity index is 0.00000106. The second-order valence-electron chi connectivity index (χ2n) is 5.39. The Labute approximate surface area is 129 Å². The van der Waals surface area contributed by atoms with Crippen molar-refractivity contribution in [2.45, 2.75) is 53.5 Å². The van der Waals surface area contributed by atoms with Crippen molar-refractivity contribution in [1.29, 1.82) is 0 Å². The van der Waals surface area contributed by atoms with Crippen LogP contribution in [-0.4, -0.2) is 37.1 Å². The van der Waals surface area contributed by atoms with Gasteiger partial charge in [-0.25, -0.2) is 4.39 Å². The zero-order valence-electron chi connectivity index (χ0n) is 14.3. The normalized spacial score (nSPS) is 15.9. The van der Waals surface area contributed by atoms with Crippen LogP contribution in [0.3, 0.4) is 0 Å². The van der Waals surface area contributed by atoms with Gasteiger partial charge in [-0.2, -0.15) is 0 Å². The molecule has 0 aliphatic carbocycles. The lowest BCUT2D eigenvalue weighted by Gasteiger charge is -2.38. The summed E-state index contributed by atoms with van der Waals surface area (Å²) in [5.74, 6) is -0.0821. The van der Waals surface area contributed by atoms with Crippen LogP contribution >= 0.6 is 0 Å². The van der Waals surface area contributed by atoms with Crippen molar-refractivity contribution in [3.63, 3.8) is 0 Å². The van der Waals surface area contributed by atoms with Crippen LogP contribution in [0.4, 0.5) is 10.1 Å². The highest BCUT2D eigenvalue weighted by atomic mass is 19.1. The predicted molar refractivity (Wildman–Crippen MR) is 90.6 cm³/mol. The monoisotopic (exact) mass is 294 g/mol. The molecular formula is C18H31FN2. The summed E-state index contributed by atoms with van der Waals surface area (Å²) < 4.78 is 14.0. The highest BCUT2D eigenvalue weighted by Crippen LogP contribution is 2.25. The van der Waals surface area contributed by atoms with Gasteiger partial charge >= 0.3 is 0 Å². The van der Waals surface area contributed by atoms with Crippen molar-refractivity contribution in [1.82, 2.24) is 4.90 Å². The van der Waals surface area contributed by atoms with E-state index in [0.717, 1.165) is 50.3 Å². The largest absolute Gasteiger partial charge is 0.369 e. The lowest BCUT2D eigenvalue weighted by atomic mass is 10.0. The summed E-state index contributed by atoms with van der Waals surface area (Å²) in [5.41, 5.74) is 1.75. The van der Waals surface area contributed by atoms with Crippen molar-refractivity contribution in [3.8, 4) is 0 Å². The number of halogens is 1. The van der Waals surface area contributed by atoms with Gasteiger partial charge in [0.15, 0.2) is 0 Å². The minimum absolute atomic E-state index is 0.0821. The molecule has 120 valence electrons. The predicted octanol–water partition coefficient (Wildman–Crippen LogP) is 4.47. The third-order valence-corrected chi connectivity index (χ3v) is 4.24. The Hall–Kier alpha value is -1.09. The Morgan fingerprint density at radius 2 is 1.71 bits per heavy atom. The van der Waals surface area contributed by atoms with E-state index in [1.807, 2.05) is 32.9 Å². The van der Waals surface area contributed by atoms with Gasteiger partial charge in [-0.3, -0.25) is 0 Å². The quantitative estimate of drug-likeness (QED) is 0.808. The number of piperidine rings is 1. The van der Waals surface area contributed by atoms with Crippen LogP contribution in [0, 0.1) is 12.7 Å². The maximum atomic E-state index is 14.0. The molecule has 0 aromatic heterocycles. The lowest BCUT2D eigenvalue weighted by molar-refractivity contribution is 0.186. The van der Waals surface area contributed by atoms with Crippen LogP contribution < -0.4 is 4.90 Å². The molecule has 0 amide bonds. The molecule has 3 heteroatoms. The van der Waals surface area contributed by atoms with Crippen LogP contribution in [0.15, 0.2) is 18.2 Å². The molecule has 1 aliphatic heterocycles. The second kappa shape index (κ2) is 9.04. The van der Waals surface area contributed by atoms with E-state index >= 15 is 0 Å². The van der Waals surface area contributed by atoms with Gasteiger partial charge in [0.05, 0.1) is 5.69 Å². The zero-order valence-corrected chi connectivity index (χ0v) is 14.3. The molecule has 0 spiro atoms. The molecule has 1 aromatic carbocycles. The second-order valence-corrected chi connectivity index (χ2v) is 5.39. The molecule has 0 bridgehead atoms. The average Bonchev–Trinajstić information content (AvgIpc) is 2.51. The molecular weight excluding hydrogens is 263 g/mol. The first-order chi connectivity index (χ1) is 10.2. The van der Waals surface area contributed by atoms with Crippen LogP contribution in [-0.2, 0) is 0 Å². The number of benzene rings is 1. The number of nitrogens with zero attached hydrogens (tertiary/aromatic N) is 2. The van der Waals surface area contributed by atoms with Crippen molar-refractivity contribution in [3.05, 3.63) is 29.6 Å². The fourth-order valence-electron chi connectivity index (χ4n) is 3.08. The summed E-state index contributed by atoms with van der Waals surface area (Å²) in [5, 5.41) is 0. The molecule has 1 aromatic rings. The molecule has 0 saturated carbocycles. The molecule has 2 rings (SSSR count). The molecule has 21 heavy (non-hydrogen) atoms. The van der Waals surface area contributed by atoms with Gasteiger partial charge in [0.2, 0.25) is 0 Å². The third kappa shape index (κ3) is 4.70. The van der Waals surface area contributed by atoms with Gasteiger partial charge in [-0.1, -0.05) is 33.8 Å². The first-order valence-corrected chi connectivity index (χ1v) is 8.40. The smallest absolute Gasteiger partial charge is 0.146 e. The van der Waals surface area contributed by atoms with E-state index in [-0.39, 0.29) is 5.82 Å². The number of rotatable bonds is 4. The molecule has 0 N–H and O–H groups in total. The van der Waals surface area contributed by atoms with Crippen molar-refractivity contribution in [2.75, 3.05) is 31.1 Å². The van der Waals surface area contributed by atoms with Crippen LogP contribution in [0.2, 0.25) is 0 Å². The molecule has 0 radical (unpaired) electrons. The summed E-state index contributed by atoms with van der Waals surface area (Å²) in [6, 6.07) is 6.21. The Morgan fingerprint density at radius 1 is 1.14 bits per heavy atom. The Bertz CT molecular complexity index is 408. The number of anilines is 1. The van der Waals surface area contributed by atoms with E-state index in [0.29, 0.717) is 6.04 Å². The van der Waals surface area contributed by atoms with E-state index in [4.69, 9.17) is 0 Å². The van der Waals surface area contributed by atoms with Crippen LogP contribution in [0.25, 0.3) is 0 Å². The van der Waals surface area contributed by atoms with Crippen molar-refractivity contribution in [2.24, 2.45) is 0 Å². The minimum Gasteiger partial charge on any atom is -0.369 e.